The molecule has 0 radical (unpaired) electrons. The van der Waals surface area contributed by atoms with E-state index in [1.807, 2.05) is 0 Å². The van der Waals surface area contributed by atoms with Gasteiger partial charge in [-0.05, 0) is 13.8 Å². The first kappa shape index (κ1) is 18.3. The second-order valence-corrected chi connectivity index (χ2v) is 5.50. The number of aliphatic hydroxyl groups is 3. The summed E-state index contributed by atoms with van der Waals surface area (Å²) in [6.07, 6.45) is -6.82. The lowest BCUT2D eigenvalue weighted by atomic mass is 10.1. The van der Waals surface area contributed by atoms with E-state index in [-0.39, 0.29) is 4.57 Å². The first-order chi connectivity index (χ1) is 11.1. The first-order valence-corrected chi connectivity index (χ1v) is 7.01. The van der Waals surface area contributed by atoms with Crippen LogP contribution in [0.3, 0.4) is 0 Å². The zero-order valence-electron chi connectivity index (χ0n) is 12.8. The molecule has 1 aliphatic heterocycles. The van der Waals surface area contributed by atoms with Gasteiger partial charge in [0, 0.05) is 12.3 Å². The van der Waals surface area contributed by atoms with Gasteiger partial charge in [0.25, 0.3) is 11.4 Å². The molecule has 2 heterocycles. The van der Waals surface area contributed by atoms with Crippen molar-refractivity contribution in [2.75, 3.05) is 6.61 Å². The monoisotopic (exact) mass is 348 g/mol. The molecular formula is C13H17FN2O8. The smallest absolute Gasteiger partial charge is 0.425 e. The van der Waals surface area contributed by atoms with Crippen LogP contribution in [0.1, 0.15) is 20.1 Å². The number of rotatable bonds is 3. The zero-order chi connectivity index (χ0) is 18.2. The molecule has 0 amide bonds. The molecule has 4 atom stereocenters. The maximum Gasteiger partial charge on any atom is 0.425 e. The summed E-state index contributed by atoms with van der Waals surface area (Å²) in [7, 11) is 0. The van der Waals surface area contributed by atoms with Crippen LogP contribution in [0.2, 0.25) is 0 Å². The minimum Gasteiger partial charge on any atom is -0.446 e. The maximum absolute atomic E-state index is 14.1. The number of ether oxygens (including phenoxy) is 2. The van der Waals surface area contributed by atoms with Crippen molar-refractivity contribution in [3.05, 3.63) is 33.1 Å². The number of carbonyl (C=O) groups is 1. The number of aliphatic hydroxyl groups excluding tert-OH is 3. The average molecular weight is 348 g/mol. The molecule has 3 N–H and O–H groups in total. The third kappa shape index (κ3) is 2.98. The number of hydrogen-bond acceptors (Lipinski definition) is 8. The maximum atomic E-state index is 14.1. The number of hydrogen-bond donors (Lipinski definition) is 3. The Balaban J connectivity index is 2.49. The summed E-state index contributed by atoms with van der Waals surface area (Å²) in [6.45, 7) is 1.73. The molecule has 1 fully saturated rings. The van der Waals surface area contributed by atoms with Crippen molar-refractivity contribution in [3.63, 3.8) is 0 Å². The zero-order valence-corrected chi connectivity index (χ0v) is 12.8. The van der Waals surface area contributed by atoms with E-state index < -0.39 is 54.3 Å². The van der Waals surface area contributed by atoms with E-state index in [0.717, 1.165) is 12.3 Å². The molecule has 0 bridgehead atoms. The SMILES string of the molecule is CC(C)OC(=O)n1c(=O)ccn([C@@H]2O[C@](F)(CO)[C@@H](O)[C@H]2O)c1=O. The Bertz CT molecular complexity index is 744. The molecule has 0 saturated carbocycles. The fraction of sp³-hybridized carbons (Fsp3) is 0.615. The largest absolute Gasteiger partial charge is 0.446 e. The fourth-order valence-electron chi connectivity index (χ4n) is 2.21. The standard InChI is InChI=1S/C13H17FN2O8/c1-6(2)23-12(22)16-7(18)3-4-15(11(16)21)10-8(19)9(20)13(14,5-17)24-10/h3-4,6,8-10,17,19-20H,5H2,1-2H3/t8-,9+,10-,13-/m1/s1. The average Bonchev–Trinajstić information content (AvgIpc) is 2.72. The fourth-order valence-corrected chi connectivity index (χ4v) is 2.21. The molecular weight excluding hydrogens is 331 g/mol. The highest BCUT2D eigenvalue weighted by Gasteiger charge is 2.56. The van der Waals surface area contributed by atoms with Gasteiger partial charge in [-0.15, -0.1) is 0 Å². The molecule has 0 spiro atoms. The second kappa shape index (κ2) is 6.43. The molecule has 0 aromatic carbocycles. The van der Waals surface area contributed by atoms with E-state index in [9.17, 15) is 29.0 Å². The molecule has 0 unspecified atom stereocenters. The van der Waals surface area contributed by atoms with Gasteiger partial charge in [-0.25, -0.2) is 14.0 Å². The van der Waals surface area contributed by atoms with E-state index in [2.05, 4.69) is 0 Å². The summed E-state index contributed by atoms with van der Waals surface area (Å²) >= 11 is 0. The normalized spacial score (nSPS) is 29.9. The van der Waals surface area contributed by atoms with E-state index in [0.29, 0.717) is 4.57 Å². The van der Waals surface area contributed by atoms with Crippen LogP contribution in [0.4, 0.5) is 9.18 Å². The van der Waals surface area contributed by atoms with E-state index in [1.165, 1.54) is 13.8 Å². The highest BCUT2D eigenvalue weighted by molar-refractivity contribution is 5.70. The molecule has 11 heteroatoms. The lowest BCUT2D eigenvalue weighted by Gasteiger charge is -2.20. The van der Waals surface area contributed by atoms with E-state index in [1.54, 1.807) is 0 Å². The van der Waals surface area contributed by atoms with Gasteiger partial charge in [0.05, 0.1) is 6.10 Å². The van der Waals surface area contributed by atoms with Crippen LogP contribution in [0.5, 0.6) is 0 Å². The molecule has 1 aromatic heterocycles. The minimum absolute atomic E-state index is 0.139. The predicted molar refractivity (Wildman–Crippen MR) is 75.0 cm³/mol. The number of alkyl halides is 1. The summed E-state index contributed by atoms with van der Waals surface area (Å²) in [4.78, 5) is 35.9. The summed E-state index contributed by atoms with van der Waals surface area (Å²) in [6, 6.07) is 0.808. The Morgan fingerprint density at radius 1 is 1.46 bits per heavy atom. The van der Waals surface area contributed by atoms with Gasteiger partial charge in [-0.1, -0.05) is 0 Å². The van der Waals surface area contributed by atoms with Gasteiger partial charge in [0.1, 0.15) is 18.8 Å². The lowest BCUT2D eigenvalue weighted by Crippen LogP contribution is -2.46. The van der Waals surface area contributed by atoms with Crippen molar-refractivity contribution in [1.82, 2.24) is 9.13 Å². The molecule has 0 aliphatic carbocycles. The molecule has 10 nitrogen and oxygen atoms in total. The topological polar surface area (TPSA) is 140 Å². The third-order valence-electron chi connectivity index (χ3n) is 3.39. The van der Waals surface area contributed by atoms with Gasteiger partial charge >= 0.3 is 11.8 Å². The number of nitrogens with zero attached hydrogens (tertiary/aromatic N) is 2. The van der Waals surface area contributed by atoms with E-state index >= 15 is 0 Å². The van der Waals surface area contributed by atoms with Gasteiger partial charge in [-0.3, -0.25) is 9.36 Å². The van der Waals surface area contributed by atoms with Crippen molar-refractivity contribution in [1.29, 1.82) is 0 Å². The Morgan fingerprint density at radius 3 is 2.58 bits per heavy atom. The molecule has 134 valence electrons. The van der Waals surface area contributed by atoms with Gasteiger partial charge in [0.2, 0.25) is 0 Å². The van der Waals surface area contributed by atoms with Crippen molar-refractivity contribution in [2.45, 2.75) is 44.2 Å². The van der Waals surface area contributed by atoms with Crippen LogP contribution in [0.15, 0.2) is 21.9 Å². The quantitative estimate of drug-likeness (QED) is 0.588. The number of aromatic nitrogens is 2. The van der Waals surface area contributed by atoms with Gasteiger partial charge < -0.3 is 24.8 Å². The Labute approximate surface area is 134 Å². The molecule has 24 heavy (non-hydrogen) atoms. The van der Waals surface area contributed by atoms with Crippen molar-refractivity contribution in [3.8, 4) is 0 Å². The van der Waals surface area contributed by atoms with Crippen molar-refractivity contribution in [2.24, 2.45) is 0 Å². The van der Waals surface area contributed by atoms with Crippen molar-refractivity contribution < 1.29 is 34.0 Å². The summed E-state index contributed by atoms with van der Waals surface area (Å²) in [5, 5.41) is 28.4. The van der Waals surface area contributed by atoms with Crippen LogP contribution >= 0.6 is 0 Å². The van der Waals surface area contributed by atoms with Gasteiger partial charge in [0.15, 0.2) is 6.23 Å². The number of halogens is 1. The molecule has 1 aromatic rings. The predicted octanol–water partition coefficient (Wildman–Crippen LogP) is -1.69. The Morgan fingerprint density at radius 2 is 2.08 bits per heavy atom. The molecule has 1 saturated heterocycles. The van der Waals surface area contributed by atoms with Crippen LogP contribution in [-0.4, -0.2) is 61.3 Å². The van der Waals surface area contributed by atoms with Crippen LogP contribution in [0.25, 0.3) is 0 Å². The molecule has 1 aliphatic rings. The minimum atomic E-state index is -3.00. The first-order valence-electron chi connectivity index (χ1n) is 7.01. The van der Waals surface area contributed by atoms with Gasteiger partial charge in [-0.2, -0.15) is 4.57 Å². The van der Waals surface area contributed by atoms with Crippen LogP contribution in [0, 0.1) is 0 Å². The summed E-state index contributed by atoms with van der Waals surface area (Å²) in [5.74, 6) is -3.00. The van der Waals surface area contributed by atoms with Crippen LogP contribution in [-0.2, 0) is 9.47 Å². The highest BCUT2D eigenvalue weighted by atomic mass is 19.2. The Kier molecular flexibility index (Phi) is 4.90. The number of carbonyl (C=O) groups excluding carboxylic acids is 1. The van der Waals surface area contributed by atoms with E-state index in [4.69, 9.17) is 14.6 Å². The van der Waals surface area contributed by atoms with Crippen LogP contribution < -0.4 is 11.2 Å². The second-order valence-electron chi connectivity index (χ2n) is 5.50. The summed E-state index contributed by atoms with van der Waals surface area (Å²) in [5.41, 5.74) is -2.25. The highest BCUT2D eigenvalue weighted by Crippen LogP contribution is 2.37. The summed E-state index contributed by atoms with van der Waals surface area (Å²) < 4.78 is 24.3. The molecule has 2 rings (SSSR count). The van der Waals surface area contributed by atoms with Crippen molar-refractivity contribution >= 4 is 6.09 Å². The Hall–Kier alpha value is -2.08. The lowest BCUT2D eigenvalue weighted by molar-refractivity contribution is -0.207. The third-order valence-corrected chi connectivity index (χ3v) is 3.39.